The molecule has 3 heterocycles. The van der Waals surface area contributed by atoms with Gasteiger partial charge in [-0.05, 0) is 70.8 Å². The van der Waals surface area contributed by atoms with Gasteiger partial charge >= 0.3 is 0 Å². The van der Waals surface area contributed by atoms with E-state index in [0.717, 1.165) is 44.6 Å². The van der Waals surface area contributed by atoms with Gasteiger partial charge in [-0.15, -0.1) is 11.3 Å². The van der Waals surface area contributed by atoms with Crippen LogP contribution in [0.1, 0.15) is 0 Å². The third-order valence-electron chi connectivity index (χ3n) is 10.6. The first kappa shape index (κ1) is 32.2. The minimum absolute atomic E-state index is 0.627. The summed E-state index contributed by atoms with van der Waals surface area (Å²) < 4.78 is 5.05. The van der Waals surface area contributed by atoms with Gasteiger partial charge in [0.15, 0.2) is 17.5 Å². The lowest BCUT2D eigenvalue weighted by Crippen LogP contribution is -2.00. The van der Waals surface area contributed by atoms with Gasteiger partial charge in [-0.25, -0.2) is 15.0 Å². The lowest BCUT2D eigenvalue weighted by Gasteiger charge is -2.14. The maximum absolute atomic E-state index is 5.12. The monoisotopic (exact) mass is 732 g/mol. The molecular weight excluding hydrogens is 701 g/mol. The molecule has 56 heavy (non-hydrogen) atoms. The highest BCUT2D eigenvalue weighted by Gasteiger charge is 2.19. The molecule has 0 N–H and O–H groups in total. The lowest BCUT2D eigenvalue weighted by atomic mass is 9.95. The largest absolute Gasteiger partial charge is 0.309 e. The van der Waals surface area contributed by atoms with E-state index in [1.165, 1.54) is 42.0 Å². The number of thiophene rings is 1. The first-order valence-corrected chi connectivity index (χ1v) is 19.6. The van der Waals surface area contributed by atoms with Crippen LogP contribution in [0, 0.1) is 0 Å². The molecular formula is C51H32N4S. The molecule has 5 heteroatoms. The van der Waals surface area contributed by atoms with E-state index in [1.54, 1.807) is 0 Å². The SMILES string of the molecule is c1ccc(-c2cc(-c3cccc(-n4c5ccccc5c5ccc6sc7ccccc7c6c54)c3)cc(-c3nc(-c4ccccc4)nc(-c4ccccc4)n3)c2)cc1. The van der Waals surface area contributed by atoms with Crippen molar-refractivity contribution in [3.05, 3.63) is 194 Å². The van der Waals surface area contributed by atoms with Crippen LogP contribution in [-0.4, -0.2) is 19.5 Å². The summed E-state index contributed by atoms with van der Waals surface area (Å²) in [4.78, 5) is 15.2. The minimum Gasteiger partial charge on any atom is -0.309 e. The zero-order chi connectivity index (χ0) is 37.0. The van der Waals surface area contributed by atoms with Gasteiger partial charge in [-0.2, -0.15) is 0 Å². The van der Waals surface area contributed by atoms with E-state index in [2.05, 4.69) is 138 Å². The van der Waals surface area contributed by atoms with Crippen molar-refractivity contribution >= 4 is 53.3 Å². The zero-order valence-electron chi connectivity index (χ0n) is 30.2. The van der Waals surface area contributed by atoms with Crippen LogP contribution in [0.2, 0.25) is 0 Å². The molecule has 8 aromatic carbocycles. The molecule has 0 fully saturated rings. The molecule has 0 amide bonds. The Morgan fingerprint density at radius 1 is 0.339 bits per heavy atom. The second kappa shape index (κ2) is 13.3. The first-order chi connectivity index (χ1) is 27.7. The van der Waals surface area contributed by atoms with E-state index in [0.29, 0.717) is 17.5 Å². The summed E-state index contributed by atoms with van der Waals surface area (Å²) in [7, 11) is 0. The highest BCUT2D eigenvalue weighted by atomic mass is 32.1. The van der Waals surface area contributed by atoms with Crippen LogP contribution in [-0.2, 0) is 0 Å². The number of para-hydroxylation sites is 1. The van der Waals surface area contributed by atoms with Crippen LogP contribution >= 0.6 is 11.3 Å². The fourth-order valence-corrected chi connectivity index (χ4v) is 9.12. The summed E-state index contributed by atoms with van der Waals surface area (Å²) in [6, 6.07) is 68.6. The molecule has 11 rings (SSSR count). The van der Waals surface area contributed by atoms with Gasteiger partial charge in [0.2, 0.25) is 0 Å². The van der Waals surface area contributed by atoms with Crippen molar-refractivity contribution in [2.75, 3.05) is 0 Å². The standard InChI is InChI=1S/C51H32N4S/c1-4-15-33(16-5-1)37-29-38(31-39(30-37)51-53-49(34-17-6-2-7-18-34)52-50(54-51)35-19-8-3-9-20-35)36-21-14-22-40(32-36)55-44-25-12-10-23-41(44)42-27-28-46-47(48(42)55)43-24-11-13-26-45(43)56-46/h1-32H. The molecule has 0 aliphatic heterocycles. The normalized spacial score (nSPS) is 11.6. The second-order valence-electron chi connectivity index (χ2n) is 14.0. The summed E-state index contributed by atoms with van der Waals surface area (Å²) in [5.41, 5.74) is 10.8. The minimum atomic E-state index is 0.627. The highest BCUT2D eigenvalue weighted by molar-refractivity contribution is 7.26. The molecule has 0 unspecified atom stereocenters. The van der Waals surface area contributed by atoms with E-state index in [1.807, 2.05) is 72.0 Å². The Balaban J connectivity index is 1.14. The molecule has 0 saturated carbocycles. The van der Waals surface area contributed by atoms with Crippen molar-refractivity contribution in [3.8, 4) is 62.1 Å². The Morgan fingerprint density at radius 2 is 0.875 bits per heavy atom. The van der Waals surface area contributed by atoms with Gasteiger partial charge in [-0.3, -0.25) is 0 Å². The Bertz CT molecular complexity index is 3180. The average Bonchev–Trinajstić information content (AvgIpc) is 3.83. The van der Waals surface area contributed by atoms with E-state index < -0.39 is 0 Å². The van der Waals surface area contributed by atoms with Crippen molar-refractivity contribution in [1.29, 1.82) is 0 Å². The van der Waals surface area contributed by atoms with Crippen molar-refractivity contribution < 1.29 is 0 Å². The maximum atomic E-state index is 5.12. The number of hydrogen-bond donors (Lipinski definition) is 0. The predicted octanol–water partition coefficient (Wildman–Crippen LogP) is 13.7. The smallest absolute Gasteiger partial charge is 0.164 e. The van der Waals surface area contributed by atoms with E-state index >= 15 is 0 Å². The van der Waals surface area contributed by atoms with Crippen LogP contribution in [0.4, 0.5) is 0 Å². The molecule has 3 aromatic heterocycles. The topological polar surface area (TPSA) is 43.6 Å². The first-order valence-electron chi connectivity index (χ1n) is 18.8. The molecule has 0 spiro atoms. The summed E-state index contributed by atoms with van der Waals surface area (Å²) in [6.07, 6.45) is 0. The van der Waals surface area contributed by atoms with Gasteiger partial charge in [-0.1, -0.05) is 146 Å². The molecule has 4 nitrogen and oxygen atoms in total. The molecule has 0 aliphatic rings. The third-order valence-corrected chi connectivity index (χ3v) is 11.7. The summed E-state index contributed by atoms with van der Waals surface area (Å²) in [6.45, 7) is 0. The quantitative estimate of drug-likeness (QED) is 0.171. The highest BCUT2D eigenvalue weighted by Crippen LogP contribution is 2.43. The van der Waals surface area contributed by atoms with Crippen LogP contribution in [0.15, 0.2) is 194 Å². The Morgan fingerprint density at radius 3 is 1.57 bits per heavy atom. The van der Waals surface area contributed by atoms with Crippen molar-refractivity contribution in [3.63, 3.8) is 0 Å². The average molecular weight is 733 g/mol. The number of rotatable bonds is 6. The summed E-state index contributed by atoms with van der Waals surface area (Å²) in [5.74, 6) is 1.91. The van der Waals surface area contributed by atoms with Gasteiger partial charge < -0.3 is 4.57 Å². The lowest BCUT2D eigenvalue weighted by molar-refractivity contribution is 1.07. The summed E-state index contributed by atoms with van der Waals surface area (Å²) >= 11 is 1.86. The molecule has 0 radical (unpaired) electrons. The second-order valence-corrected chi connectivity index (χ2v) is 15.1. The van der Waals surface area contributed by atoms with E-state index in [9.17, 15) is 0 Å². The van der Waals surface area contributed by atoms with Gasteiger partial charge in [0.05, 0.1) is 11.0 Å². The van der Waals surface area contributed by atoms with Crippen molar-refractivity contribution in [2.45, 2.75) is 0 Å². The number of benzene rings is 8. The van der Waals surface area contributed by atoms with Gasteiger partial charge in [0.25, 0.3) is 0 Å². The zero-order valence-corrected chi connectivity index (χ0v) is 31.0. The predicted molar refractivity (Wildman–Crippen MR) is 234 cm³/mol. The fourth-order valence-electron chi connectivity index (χ4n) is 8.02. The van der Waals surface area contributed by atoms with Crippen molar-refractivity contribution in [1.82, 2.24) is 19.5 Å². The van der Waals surface area contributed by atoms with Crippen LogP contribution in [0.25, 0.3) is 104 Å². The fraction of sp³-hybridized carbons (Fsp3) is 0. The number of aromatic nitrogens is 4. The number of hydrogen-bond acceptors (Lipinski definition) is 4. The number of nitrogens with zero attached hydrogens (tertiary/aromatic N) is 4. The number of fused-ring (bicyclic) bond motifs is 7. The molecule has 0 atom stereocenters. The van der Waals surface area contributed by atoms with Crippen LogP contribution < -0.4 is 0 Å². The molecule has 262 valence electrons. The van der Waals surface area contributed by atoms with Crippen molar-refractivity contribution in [2.24, 2.45) is 0 Å². The maximum Gasteiger partial charge on any atom is 0.164 e. The van der Waals surface area contributed by atoms with Crippen LogP contribution in [0.3, 0.4) is 0 Å². The molecule has 11 aromatic rings. The van der Waals surface area contributed by atoms with Crippen LogP contribution in [0.5, 0.6) is 0 Å². The Kier molecular flexibility index (Phi) is 7.64. The molecule has 0 bridgehead atoms. The molecule has 0 aliphatic carbocycles. The van der Waals surface area contributed by atoms with Gasteiger partial charge in [0.1, 0.15) is 0 Å². The molecule has 0 saturated heterocycles. The van der Waals surface area contributed by atoms with E-state index in [-0.39, 0.29) is 0 Å². The van der Waals surface area contributed by atoms with E-state index in [4.69, 9.17) is 15.0 Å². The van der Waals surface area contributed by atoms with Gasteiger partial charge in [0, 0.05) is 53.3 Å². The Hall–Kier alpha value is -7.21. The third kappa shape index (κ3) is 5.48. The summed E-state index contributed by atoms with van der Waals surface area (Å²) in [5, 5.41) is 5.10. The Labute approximate surface area is 327 Å².